The maximum atomic E-state index is 12.3. The first-order chi connectivity index (χ1) is 12.7. The molecule has 0 radical (unpaired) electrons. The van der Waals surface area contributed by atoms with Crippen LogP contribution in [0.3, 0.4) is 0 Å². The van der Waals surface area contributed by atoms with Crippen molar-refractivity contribution >= 4 is 16.7 Å². The molecular weight excluding hydrogens is 322 g/mol. The second-order valence-electron chi connectivity index (χ2n) is 7.15. The van der Waals surface area contributed by atoms with Crippen LogP contribution in [0.4, 0.5) is 0 Å². The Balaban J connectivity index is 1.61. The molecule has 2 aromatic rings. The van der Waals surface area contributed by atoms with E-state index in [2.05, 4.69) is 12.2 Å². The van der Waals surface area contributed by atoms with Gasteiger partial charge >= 0.3 is 0 Å². The fourth-order valence-electron chi connectivity index (χ4n) is 3.32. The van der Waals surface area contributed by atoms with E-state index in [0.717, 1.165) is 23.6 Å². The molecule has 26 heavy (non-hydrogen) atoms. The van der Waals surface area contributed by atoms with Gasteiger partial charge in [0, 0.05) is 6.54 Å². The van der Waals surface area contributed by atoms with Crippen LogP contribution in [0.1, 0.15) is 81.5 Å². The number of carbonyl (C=O) groups excluding carboxylic acids is 1. The van der Waals surface area contributed by atoms with Crippen LogP contribution in [0.15, 0.2) is 36.4 Å². The molecule has 0 saturated carbocycles. The SMILES string of the molecule is CCCCCCCCCCCCNC(=O)c1cc2ccccc2cc1O. The summed E-state index contributed by atoms with van der Waals surface area (Å²) in [5, 5.41) is 14.9. The van der Waals surface area contributed by atoms with Crippen LogP contribution in [0, 0.1) is 0 Å². The molecule has 0 unspecified atom stereocenters. The highest BCUT2D eigenvalue weighted by atomic mass is 16.3. The van der Waals surface area contributed by atoms with E-state index in [9.17, 15) is 9.90 Å². The minimum Gasteiger partial charge on any atom is -0.507 e. The normalized spacial score (nSPS) is 11.0. The topological polar surface area (TPSA) is 49.3 Å². The summed E-state index contributed by atoms with van der Waals surface area (Å²) < 4.78 is 0. The van der Waals surface area contributed by atoms with Crippen LogP contribution in [-0.4, -0.2) is 17.6 Å². The molecule has 2 rings (SSSR count). The van der Waals surface area contributed by atoms with Crippen molar-refractivity contribution in [2.75, 3.05) is 6.54 Å². The Labute approximate surface area is 157 Å². The van der Waals surface area contributed by atoms with Crippen molar-refractivity contribution in [3.05, 3.63) is 42.0 Å². The largest absolute Gasteiger partial charge is 0.507 e. The van der Waals surface area contributed by atoms with Gasteiger partial charge in [-0.15, -0.1) is 0 Å². The maximum absolute atomic E-state index is 12.3. The van der Waals surface area contributed by atoms with Gasteiger partial charge in [0.25, 0.3) is 5.91 Å². The van der Waals surface area contributed by atoms with Gasteiger partial charge in [-0.3, -0.25) is 4.79 Å². The van der Waals surface area contributed by atoms with E-state index in [1.54, 1.807) is 12.1 Å². The van der Waals surface area contributed by atoms with E-state index in [1.165, 1.54) is 51.4 Å². The number of carbonyl (C=O) groups is 1. The molecule has 0 heterocycles. The molecule has 0 spiro atoms. The highest BCUT2D eigenvalue weighted by molar-refractivity contribution is 6.01. The number of amides is 1. The van der Waals surface area contributed by atoms with Crippen LogP contribution in [0.25, 0.3) is 10.8 Å². The molecular formula is C23H33NO2. The summed E-state index contributed by atoms with van der Waals surface area (Å²) in [6, 6.07) is 11.2. The van der Waals surface area contributed by atoms with Crippen LogP contribution < -0.4 is 5.32 Å². The molecule has 3 nitrogen and oxygen atoms in total. The standard InChI is InChI=1S/C23H33NO2/c1-2-3-4-5-6-7-8-9-10-13-16-24-23(26)21-17-19-14-11-12-15-20(19)18-22(21)25/h11-12,14-15,17-18,25H,2-10,13,16H2,1H3,(H,24,26). The third-order valence-electron chi connectivity index (χ3n) is 4.92. The number of unbranched alkanes of at least 4 members (excludes halogenated alkanes) is 9. The molecule has 0 aliphatic heterocycles. The fraction of sp³-hybridized carbons (Fsp3) is 0.522. The molecule has 3 heteroatoms. The number of nitrogens with one attached hydrogen (secondary N) is 1. The molecule has 0 aromatic heterocycles. The summed E-state index contributed by atoms with van der Waals surface area (Å²) in [5.41, 5.74) is 0.357. The van der Waals surface area contributed by atoms with Gasteiger partial charge in [0.15, 0.2) is 0 Å². The van der Waals surface area contributed by atoms with Gasteiger partial charge in [-0.1, -0.05) is 89.0 Å². The van der Waals surface area contributed by atoms with E-state index in [0.29, 0.717) is 12.1 Å². The number of aromatic hydroxyl groups is 1. The highest BCUT2D eigenvalue weighted by Gasteiger charge is 2.11. The van der Waals surface area contributed by atoms with Crippen LogP contribution in [0.5, 0.6) is 5.75 Å². The van der Waals surface area contributed by atoms with Gasteiger partial charge in [0.1, 0.15) is 5.75 Å². The summed E-state index contributed by atoms with van der Waals surface area (Å²) in [6.07, 6.45) is 12.8. The summed E-state index contributed by atoms with van der Waals surface area (Å²) >= 11 is 0. The first-order valence-electron chi connectivity index (χ1n) is 10.2. The quantitative estimate of drug-likeness (QED) is 0.446. The fourth-order valence-corrected chi connectivity index (χ4v) is 3.32. The van der Waals surface area contributed by atoms with Gasteiger partial charge in [-0.2, -0.15) is 0 Å². The maximum Gasteiger partial charge on any atom is 0.255 e. The van der Waals surface area contributed by atoms with Crippen molar-refractivity contribution in [2.45, 2.75) is 71.1 Å². The molecule has 0 bridgehead atoms. The predicted octanol–water partition coefficient (Wildman–Crippen LogP) is 6.20. The van der Waals surface area contributed by atoms with Gasteiger partial charge in [-0.05, 0) is 29.3 Å². The number of hydrogen-bond donors (Lipinski definition) is 2. The molecule has 2 aromatic carbocycles. The first kappa shape index (κ1) is 20.3. The molecule has 2 N–H and O–H groups in total. The Bertz CT molecular complexity index is 681. The summed E-state index contributed by atoms with van der Waals surface area (Å²) in [4.78, 5) is 12.3. The predicted molar refractivity (Wildman–Crippen MR) is 110 cm³/mol. The lowest BCUT2D eigenvalue weighted by Crippen LogP contribution is -2.24. The van der Waals surface area contributed by atoms with E-state index >= 15 is 0 Å². The second kappa shape index (κ2) is 11.6. The number of phenols is 1. The number of phenolic OH excluding ortho intramolecular Hbond substituents is 1. The molecule has 0 fully saturated rings. The van der Waals surface area contributed by atoms with Crippen molar-refractivity contribution < 1.29 is 9.90 Å². The average molecular weight is 356 g/mol. The Kier molecular flexibility index (Phi) is 9.02. The molecule has 1 amide bonds. The minimum absolute atomic E-state index is 0.0456. The van der Waals surface area contributed by atoms with Gasteiger partial charge in [0.2, 0.25) is 0 Å². The van der Waals surface area contributed by atoms with E-state index in [-0.39, 0.29) is 11.7 Å². The first-order valence-corrected chi connectivity index (χ1v) is 10.2. The van der Waals surface area contributed by atoms with Gasteiger partial charge < -0.3 is 10.4 Å². The third-order valence-corrected chi connectivity index (χ3v) is 4.92. The van der Waals surface area contributed by atoms with Crippen molar-refractivity contribution in [2.24, 2.45) is 0 Å². The number of benzene rings is 2. The Hall–Kier alpha value is -2.03. The molecule has 0 atom stereocenters. The molecule has 142 valence electrons. The summed E-state index contributed by atoms with van der Waals surface area (Å²) in [7, 11) is 0. The zero-order valence-electron chi connectivity index (χ0n) is 16.1. The molecule has 0 aliphatic rings. The second-order valence-corrected chi connectivity index (χ2v) is 7.15. The van der Waals surface area contributed by atoms with Crippen molar-refractivity contribution in [1.82, 2.24) is 5.32 Å². The Morgan fingerprint density at radius 3 is 2.00 bits per heavy atom. The van der Waals surface area contributed by atoms with Crippen molar-refractivity contribution in [1.29, 1.82) is 0 Å². The van der Waals surface area contributed by atoms with Gasteiger partial charge in [-0.25, -0.2) is 0 Å². The lowest BCUT2D eigenvalue weighted by molar-refractivity contribution is 0.0950. The van der Waals surface area contributed by atoms with E-state index in [4.69, 9.17) is 0 Å². The molecule has 0 aliphatic carbocycles. The zero-order chi connectivity index (χ0) is 18.6. The van der Waals surface area contributed by atoms with Crippen LogP contribution in [-0.2, 0) is 0 Å². The zero-order valence-corrected chi connectivity index (χ0v) is 16.1. The van der Waals surface area contributed by atoms with Crippen molar-refractivity contribution in [3.63, 3.8) is 0 Å². The van der Waals surface area contributed by atoms with Crippen LogP contribution in [0.2, 0.25) is 0 Å². The Morgan fingerprint density at radius 2 is 1.38 bits per heavy atom. The van der Waals surface area contributed by atoms with E-state index < -0.39 is 0 Å². The lowest BCUT2D eigenvalue weighted by atomic mass is 10.1. The van der Waals surface area contributed by atoms with Crippen LogP contribution >= 0.6 is 0 Å². The number of hydrogen-bond acceptors (Lipinski definition) is 2. The number of rotatable bonds is 12. The molecule has 0 saturated heterocycles. The van der Waals surface area contributed by atoms with Crippen molar-refractivity contribution in [3.8, 4) is 5.75 Å². The van der Waals surface area contributed by atoms with E-state index in [1.807, 2.05) is 24.3 Å². The summed E-state index contributed by atoms with van der Waals surface area (Å²) in [6.45, 7) is 2.92. The van der Waals surface area contributed by atoms with Gasteiger partial charge in [0.05, 0.1) is 5.56 Å². The highest BCUT2D eigenvalue weighted by Crippen LogP contribution is 2.24. The number of fused-ring (bicyclic) bond motifs is 1. The lowest BCUT2D eigenvalue weighted by Gasteiger charge is -2.08. The third kappa shape index (κ3) is 6.70. The monoisotopic (exact) mass is 355 g/mol. The smallest absolute Gasteiger partial charge is 0.255 e. The average Bonchev–Trinajstić information content (AvgIpc) is 2.65. The minimum atomic E-state index is -0.191. The summed E-state index contributed by atoms with van der Waals surface area (Å²) in [5.74, 6) is -0.145. The Morgan fingerprint density at radius 1 is 0.846 bits per heavy atom.